The summed E-state index contributed by atoms with van der Waals surface area (Å²) < 4.78 is 0. The number of amides is 3. The van der Waals surface area contributed by atoms with E-state index >= 15 is 0 Å². The number of hydroxylamine groups is 1. The largest absolute Gasteiger partial charge is 0.344 e. The molecule has 0 spiro atoms. The summed E-state index contributed by atoms with van der Waals surface area (Å²) in [6.07, 6.45) is 7.89. The van der Waals surface area contributed by atoms with Gasteiger partial charge in [0.15, 0.2) is 0 Å². The zero-order valence-corrected chi connectivity index (χ0v) is 16.4. The van der Waals surface area contributed by atoms with Gasteiger partial charge in [0.1, 0.15) is 6.04 Å². The number of hydrogen-bond acceptors (Lipinski definition) is 4. The molecule has 1 fully saturated rings. The lowest BCUT2D eigenvalue weighted by Gasteiger charge is -2.28. The molecule has 3 amide bonds. The molecule has 0 saturated carbocycles. The third kappa shape index (κ3) is 7.72. The van der Waals surface area contributed by atoms with Gasteiger partial charge in [-0.1, -0.05) is 52.4 Å². The fourth-order valence-corrected chi connectivity index (χ4v) is 3.35. The van der Waals surface area contributed by atoms with Crippen molar-refractivity contribution >= 4 is 17.7 Å². The SMILES string of the molecule is CC(C)[C@@H]1NC(=O)[C@@H](CC(=O)NO)CCCCCCCCCN(C)C1=O. The summed E-state index contributed by atoms with van der Waals surface area (Å²) in [6.45, 7) is 4.49. The monoisotopic (exact) mass is 369 g/mol. The molecule has 1 heterocycles. The van der Waals surface area contributed by atoms with Gasteiger partial charge in [-0.15, -0.1) is 0 Å². The molecule has 0 aromatic rings. The average molecular weight is 370 g/mol. The second-order valence-corrected chi connectivity index (χ2v) is 7.69. The molecule has 2 atom stereocenters. The maximum atomic E-state index is 12.7. The van der Waals surface area contributed by atoms with Gasteiger partial charge >= 0.3 is 0 Å². The van der Waals surface area contributed by atoms with E-state index in [2.05, 4.69) is 5.32 Å². The summed E-state index contributed by atoms with van der Waals surface area (Å²) in [5.41, 5.74) is 1.60. The van der Waals surface area contributed by atoms with Gasteiger partial charge in [0.2, 0.25) is 17.7 Å². The molecule has 7 heteroatoms. The second kappa shape index (κ2) is 11.9. The van der Waals surface area contributed by atoms with Gasteiger partial charge in [-0.25, -0.2) is 5.48 Å². The molecule has 0 unspecified atom stereocenters. The topological polar surface area (TPSA) is 98.7 Å². The first-order valence-corrected chi connectivity index (χ1v) is 9.85. The smallest absolute Gasteiger partial charge is 0.245 e. The van der Waals surface area contributed by atoms with Crippen molar-refractivity contribution in [3.05, 3.63) is 0 Å². The molecule has 1 rings (SSSR count). The Morgan fingerprint density at radius 2 is 1.73 bits per heavy atom. The van der Waals surface area contributed by atoms with E-state index in [1.165, 1.54) is 0 Å². The van der Waals surface area contributed by atoms with Crippen molar-refractivity contribution in [2.45, 2.75) is 77.7 Å². The highest BCUT2D eigenvalue weighted by Gasteiger charge is 2.30. The van der Waals surface area contributed by atoms with Crippen LogP contribution in [0.15, 0.2) is 0 Å². The van der Waals surface area contributed by atoms with E-state index in [-0.39, 0.29) is 24.2 Å². The van der Waals surface area contributed by atoms with Crippen LogP contribution < -0.4 is 10.8 Å². The highest BCUT2D eigenvalue weighted by Crippen LogP contribution is 2.18. The second-order valence-electron chi connectivity index (χ2n) is 7.69. The third-order valence-electron chi connectivity index (χ3n) is 5.08. The van der Waals surface area contributed by atoms with Crippen molar-refractivity contribution in [2.75, 3.05) is 13.6 Å². The highest BCUT2D eigenvalue weighted by atomic mass is 16.5. The molecular weight excluding hydrogens is 334 g/mol. The molecule has 0 radical (unpaired) electrons. The molecule has 0 aromatic heterocycles. The van der Waals surface area contributed by atoms with Crippen molar-refractivity contribution in [3.63, 3.8) is 0 Å². The molecule has 1 aliphatic rings. The lowest BCUT2D eigenvalue weighted by Crippen LogP contribution is -2.52. The standard InChI is InChI=1S/C19H35N3O4/c1-14(2)17-19(25)22(3)12-10-8-6-4-5-7-9-11-15(18(24)20-17)13-16(23)21-26/h14-15,17,26H,4-13H2,1-3H3,(H,20,24)(H,21,23)/t15-,17+/m1/s1. The third-order valence-corrected chi connectivity index (χ3v) is 5.08. The van der Waals surface area contributed by atoms with Gasteiger partial charge in [0, 0.05) is 25.9 Å². The number of nitrogens with zero attached hydrogens (tertiary/aromatic N) is 1. The van der Waals surface area contributed by atoms with Crippen LogP contribution in [-0.2, 0) is 14.4 Å². The van der Waals surface area contributed by atoms with Gasteiger partial charge in [0.25, 0.3) is 0 Å². The van der Waals surface area contributed by atoms with E-state index in [4.69, 9.17) is 5.21 Å². The van der Waals surface area contributed by atoms with Gasteiger partial charge in [-0.3, -0.25) is 19.6 Å². The van der Waals surface area contributed by atoms with E-state index in [1.54, 1.807) is 17.4 Å². The molecule has 0 aliphatic carbocycles. The van der Waals surface area contributed by atoms with Gasteiger partial charge in [-0.05, 0) is 18.8 Å². The lowest BCUT2D eigenvalue weighted by atomic mass is 9.94. The minimum atomic E-state index is -0.600. The summed E-state index contributed by atoms with van der Waals surface area (Å²) in [4.78, 5) is 38.7. The van der Waals surface area contributed by atoms with Crippen LogP contribution >= 0.6 is 0 Å². The summed E-state index contributed by atoms with van der Waals surface area (Å²) in [7, 11) is 1.78. The molecule has 26 heavy (non-hydrogen) atoms. The van der Waals surface area contributed by atoms with Crippen molar-refractivity contribution in [1.82, 2.24) is 15.7 Å². The zero-order chi connectivity index (χ0) is 19.5. The average Bonchev–Trinajstić information content (AvgIpc) is 2.61. The summed E-state index contributed by atoms with van der Waals surface area (Å²) in [5, 5.41) is 11.6. The Bertz CT molecular complexity index is 468. The van der Waals surface area contributed by atoms with Crippen molar-refractivity contribution < 1.29 is 19.6 Å². The minimum absolute atomic E-state index is 0.0445. The van der Waals surface area contributed by atoms with Crippen LogP contribution in [-0.4, -0.2) is 47.5 Å². The fraction of sp³-hybridized carbons (Fsp3) is 0.842. The van der Waals surface area contributed by atoms with Crippen LogP contribution in [0.5, 0.6) is 0 Å². The predicted octanol–water partition coefficient (Wildman–Crippen LogP) is 2.23. The lowest BCUT2D eigenvalue weighted by molar-refractivity contribution is -0.139. The van der Waals surface area contributed by atoms with Crippen LogP contribution in [0.2, 0.25) is 0 Å². The van der Waals surface area contributed by atoms with Crippen LogP contribution in [0.25, 0.3) is 0 Å². The van der Waals surface area contributed by atoms with Gasteiger partial charge < -0.3 is 10.2 Å². The molecule has 0 bridgehead atoms. The Labute approximate surface area is 156 Å². The number of hydrogen-bond donors (Lipinski definition) is 3. The van der Waals surface area contributed by atoms with E-state index in [0.29, 0.717) is 13.0 Å². The molecule has 150 valence electrons. The minimum Gasteiger partial charge on any atom is -0.344 e. The van der Waals surface area contributed by atoms with Gasteiger partial charge in [0.05, 0.1) is 0 Å². The molecule has 1 aliphatic heterocycles. The van der Waals surface area contributed by atoms with Crippen molar-refractivity contribution in [2.24, 2.45) is 11.8 Å². The fourth-order valence-electron chi connectivity index (χ4n) is 3.35. The molecule has 7 nitrogen and oxygen atoms in total. The van der Waals surface area contributed by atoms with Crippen molar-refractivity contribution in [3.8, 4) is 0 Å². The zero-order valence-electron chi connectivity index (χ0n) is 16.4. The Morgan fingerprint density at radius 1 is 1.15 bits per heavy atom. The Hall–Kier alpha value is -1.63. The van der Waals surface area contributed by atoms with Crippen LogP contribution in [0.3, 0.4) is 0 Å². The van der Waals surface area contributed by atoms with Crippen LogP contribution in [0.1, 0.15) is 71.6 Å². The first-order valence-electron chi connectivity index (χ1n) is 9.85. The maximum Gasteiger partial charge on any atom is 0.245 e. The van der Waals surface area contributed by atoms with E-state index in [1.807, 2.05) is 13.8 Å². The van der Waals surface area contributed by atoms with Crippen LogP contribution in [0.4, 0.5) is 0 Å². The van der Waals surface area contributed by atoms with E-state index in [9.17, 15) is 14.4 Å². The quantitative estimate of drug-likeness (QED) is 0.525. The molecular formula is C19H35N3O4. The Kier molecular flexibility index (Phi) is 10.2. The van der Waals surface area contributed by atoms with Crippen LogP contribution in [0, 0.1) is 11.8 Å². The summed E-state index contributed by atoms with van der Waals surface area (Å²) in [5.74, 6) is -1.53. The maximum absolute atomic E-state index is 12.7. The first kappa shape index (κ1) is 22.4. The predicted molar refractivity (Wildman–Crippen MR) is 99.4 cm³/mol. The number of nitrogens with one attached hydrogen (secondary N) is 2. The highest BCUT2D eigenvalue weighted by molar-refractivity contribution is 5.90. The number of rotatable bonds is 3. The molecule has 3 N–H and O–H groups in total. The molecule has 1 saturated heterocycles. The number of likely N-dealkylation sites (N-methyl/N-ethyl adjacent to an activating group) is 1. The van der Waals surface area contributed by atoms with E-state index in [0.717, 1.165) is 44.9 Å². The summed E-state index contributed by atoms with van der Waals surface area (Å²) in [6, 6.07) is -0.600. The van der Waals surface area contributed by atoms with Crippen molar-refractivity contribution in [1.29, 1.82) is 0 Å². The summed E-state index contributed by atoms with van der Waals surface area (Å²) >= 11 is 0. The van der Waals surface area contributed by atoms with Gasteiger partial charge in [-0.2, -0.15) is 0 Å². The molecule has 0 aromatic carbocycles. The normalized spacial score (nSPS) is 24.6. The number of carbonyl (C=O) groups is 3. The first-order chi connectivity index (χ1) is 12.4. The van der Waals surface area contributed by atoms with E-state index < -0.39 is 17.9 Å². The Balaban J connectivity index is 2.90. The Morgan fingerprint density at radius 3 is 2.31 bits per heavy atom. The number of carbonyl (C=O) groups excluding carboxylic acids is 3.